The van der Waals surface area contributed by atoms with Gasteiger partial charge in [-0.25, -0.2) is 4.39 Å². The van der Waals surface area contributed by atoms with Gasteiger partial charge in [0.15, 0.2) is 0 Å². The normalized spacial score (nSPS) is 17.1. The maximum Gasteiger partial charge on any atom is 0.256 e. The highest BCUT2D eigenvalue weighted by atomic mass is 19.1. The Kier molecular flexibility index (Phi) is 4.37. The number of ether oxygens (including phenoxy) is 1. The molecule has 1 aliphatic heterocycles. The number of rotatable bonds is 2. The first-order valence-electron chi connectivity index (χ1n) is 6.43. The van der Waals surface area contributed by atoms with Crippen LogP contribution in [0.5, 0.6) is 5.75 Å². The minimum absolute atomic E-state index is 0.116. The van der Waals surface area contributed by atoms with Gasteiger partial charge in [-0.2, -0.15) is 0 Å². The lowest BCUT2D eigenvalue weighted by Gasteiger charge is -2.21. The van der Waals surface area contributed by atoms with Crippen molar-refractivity contribution in [1.82, 2.24) is 9.80 Å². The first-order chi connectivity index (χ1) is 9.11. The minimum atomic E-state index is -0.526. The molecule has 1 amide bonds. The van der Waals surface area contributed by atoms with Crippen LogP contribution in [0, 0.1) is 5.82 Å². The lowest BCUT2D eigenvalue weighted by atomic mass is 10.1. The molecule has 2 rings (SSSR count). The van der Waals surface area contributed by atoms with Crippen molar-refractivity contribution < 1.29 is 13.9 Å². The number of methoxy groups -OCH3 is 1. The second kappa shape index (κ2) is 6.02. The number of halogens is 1. The molecule has 19 heavy (non-hydrogen) atoms. The van der Waals surface area contributed by atoms with Gasteiger partial charge >= 0.3 is 0 Å². The Bertz CT molecular complexity index is 465. The number of amides is 1. The average molecular weight is 266 g/mol. The van der Waals surface area contributed by atoms with Gasteiger partial charge < -0.3 is 14.5 Å². The second-order valence-corrected chi connectivity index (χ2v) is 4.79. The summed E-state index contributed by atoms with van der Waals surface area (Å²) in [7, 11) is 3.50. The fourth-order valence-electron chi connectivity index (χ4n) is 2.22. The number of carbonyl (C=O) groups excluding carboxylic acids is 1. The highest BCUT2D eigenvalue weighted by Gasteiger charge is 2.21. The summed E-state index contributed by atoms with van der Waals surface area (Å²) in [6.07, 6.45) is 0.917. The SMILES string of the molecule is COc1ccc(C(=O)N2CCCN(C)CC2)c(F)c1. The van der Waals surface area contributed by atoms with Crippen LogP contribution in [0.3, 0.4) is 0 Å². The van der Waals surface area contributed by atoms with Crippen molar-refractivity contribution in [1.29, 1.82) is 0 Å². The van der Waals surface area contributed by atoms with E-state index in [1.54, 1.807) is 11.0 Å². The van der Waals surface area contributed by atoms with Crippen molar-refractivity contribution in [3.8, 4) is 5.75 Å². The lowest BCUT2D eigenvalue weighted by molar-refractivity contribution is 0.0758. The standard InChI is InChI=1S/C14H19FN2O2/c1-16-6-3-7-17(9-8-16)14(18)12-5-4-11(19-2)10-13(12)15/h4-5,10H,3,6-9H2,1-2H3. The first kappa shape index (κ1) is 13.8. The predicted octanol–water partition coefficient (Wildman–Crippen LogP) is 1.61. The molecule has 0 N–H and O–H groups in total. The summed E-state index contributed by atoms with van der Waals surface area (Å²) in [6.45, 7) is 3.10. The molecular formula is C14H19FN2O2. The molecule has 0 unspecified atom stereocenters. The van der Waals surface area contributed by atoms with E-state index in [-0.39, 0.29) is 11.5 Å². The Morgan fingerprint density at radius 1 is 1.26 bits per heavy atom. The Morgan fingerprint density at radius 2 is 2.05 bits per heavy atom. The van der Waals surface area contributed by atoms with Crippen LogP contribution in [0.2, 0.25) is 0 Å². The summed E-state index contributed by atoms with van der Waals surface area (Å²) < 4.78 is 18.8. The van der Waals surface area contributed by atoms with Crippen molar-refractivity contribution in [3.05, 3.63) is 29.6 Å². The van der Waals surface area contributed by atoms with Gasteiger partial charge in [0.05, 0.1) is 12.7 Å². The van der Waals surface area contributed by atoms with E-state index < -0.39 is 5.82 Å². The van der Waals surface area contributed by atoms with Crippen LogP contribution in [0.4, 0.5) is 4.39 Å². The van der Waals surface area contributed by atoms with Crippen molar-refractivity contribution in [2.24, 2.45) is 0 Å². The van der Waals surface area contributed by atoms with Crippen LogP contribution < -0.4 is 4.74 Å². The Morgan fingerprint density at radius 3 is 2.74 bits per heavy atom. The highest BCUT2D eigenvalue weighted by molar-refractivity contribution is 5.94. The van der Waals surface area contributed by atoms with Crippen LogP contribution >= 0.6 is 0 Å². The fraction of sp³-hybridized carbons (Fsp3) is 0.500. The van der Waals surface area contributed by atoms with Gasteiger partial charge in [-0.1, -0.05) is 0 Å². The zero-order chi connectivity index (χ0) is 13.8. The highest BCUT2D eigenvalue weighted by Crippen LogP contribution is 2.18. The second-order valence-electron chi connectivity index (χ2n) is 4.79. The molecular weight excluding hydrogens is 247 g/mol. The zero-order valence-electron chi connectivity index (χ0n) is 11.4. The van der Waals surface area contributed by atoms with Crippen LogP contribution in [-0.2, 0) is 0 Å². The third-order valence-electron chi connectivity index (χ3n) is 3.41. The fourth-order valence-corrected chi connectivity index (χ4v) is 2.22. The smallest absolute Gasteiger partial charge is 0.256 e. The molecule has 0 saturated carbocycles. The Balaban J connectivity index is 2.14. The predicted molar refractivity (Wildman–Crippen MR) is 71.0 cm³/mol. The molecule has 0 radical (unpaired) electrons. The molecule has 104 valence electrons. The van der Waals surface area contributed by atoms with E-state index in [1.165, 1.54) is 19.2 Å². The molecule has 1 aromatic carbocycles. The van der Waals surface area contributed by atoms with Crippen molar-refractivity contribution >= 4 is 5.91 Å². The van der Waals surface area contributed by atoms with Crippen molar-refractivity contribution in [3.63, 3.8) is 0 Å². The molecule has 1 aliphatic rings. The first-order valence-corrected chi connectivity index (χ1v) is 6.43. The summed E-state index contributed by atoms with van der Waals surface area (Å²) >= 11 is 0. The molecule has 5 heteroatoms. The summed E-state index contributed by atoms with van der Waals surface area (Å²) in [4.78, 5) is 16.2. The molecule has 0 aliphatic carbocycles. The Hall–Kier alpha value is -1.62. The third kappa shape index (κ3) is 3.23. The topological polar surface area (TPSA) is 32.8 Å². The van der Waals surface area contributed by atoms with Crippen LogP contribution in [0.25, 0.3) is 0 Å². The number of benzene rings is 1. The van der Waals surface area contributed by atoms with Gasteiger partial charge in [0.2, 0.25) is 0 Å². The van der Waals surface area contributed by atoms with Gasteiger partial charge in [0.25, 0.3) is 5.91 Å². The number of carbonyl (C=O) groups is 1. The average Bonchev–Trinajstić information content (AvgIpc) is 2.62. The third-order valence-corrected chi connectivity index (χ3v) is 3.41. The van der Waals surface area contributed by atoms with Gasteiger partial charge in [0, 0.05) is 25.7 Å². The molecule has 0 bridgehead atoms. The largest absolute Gasteiger partial charge is 0.497 e. The van der Waals surface area contributed by atoms with E-state index in [1.807, 2.05) is 7.05 Å². The van der Waals surface area contributed by atoms with Gasteiger partial charge in [-0.3, -0.25) is 4.79 Å². The van der Waals surface area contributed by atoms with E-state index in [0.29, 0.717) is 18.8 Å². The van der Waals surface area contributed by atoms with Crippen LogP contribution in [0.1, 0.15) is 16.8 Å². The van der Waals surface area contributed by atoms with E-state index in [4.69, 9.17) is 4.74 Å². The number of hydrogen-bond donors (Lipinski definition) is 0. The van der Waals surface area contributed by atoms with Crippen molar-refractivity contribution in [2.75, 3.05) is 40.3 Å². The van der Waals surface area contributed by atoms with Crippen LogP contribution in [-0.4, -0.2) is 56.0 Å². The Labute approximate surface area is 112 Å². The molecule has 1 fully saturated rings. The van der Waals surface area contributed by atoms with E-state index in [2.05, 4.69) is 4.90 Å². The van der Waals surface area contributed by atoms with E-state index in [9.17, 15) is 9.18 Å². The summed E-state index contributed by atoms with van der Waals surface area (Å²) in [5.41, 5.74) is 0.116. The number of likely N-dealkylation sites (N-methyl/N-ethyl adjacent to an activating group) is 1. The molecule has 0 atom stereocenters. The van der Waals surface area contributed by atoms with Gasteiger partial charge in [0.1, 0.15) is 11.6 Å². The van der Waals surface area contributed by atoms with Gasteiger partial charge in [-0.05, 0) is 32.1 Å². The zero-order valence-corrected chi connectivity index (χ0v) is 11.4. The summed E-state index contributed by atoms with van der Waals surface area (Å²) in [5.74, 6) is -0.345. The minimum Gasteiger partial charge on any atom is -0.497 e. The lowest BCUT2D eigenvalue weighted by Crippen LogP contribution is -2.34. The summed E-state index contributed by atoms with van der Waals surface area (Å²) in [6, 6.07) is 4.35. The molecule has 1 saturated heterocycles. The molecule has 0 spiro atoms. The maximum absolute atomic E-state index is 13.9. The van der Waals surface area contributed by atoms with Gasteiger partial charge in [-0.15, -0.1) is 0 Å². The number of hydrogen-bond acceptors (Lipinski definition) is 3. The summed E-state index contributed by atoms with van der Waals surface area (Å²) in [5, 5.41) is 0. The quantitative estimate of drug-likeness (QED) is 0.815. The van der Waals surface area contributed by atoms with Crippen LogP contribution in [0.15, 0.2) is 18.2 Å². The maximum atomic E-state index is 13.9. The monoisotopic (exact) mass is 266 g/mol. The van der Waals surface area contributed by atoms with Crippen molar-refractivity contribution in [2.45, 2.75) is 6.42 Å². The van der Waals surface area contributed by atoms with E-state index in [0.717, 1.165) is 19.5 Å². The molecule has 1 aromatic rings. The van der Waals surface area contributed by atoms with E-state index >= 15 is 0 Å². The molecule has 4 nitrogen and oxygen atoms in total. The number of nitrogens with zero attached hydrogens (tertiary/aromatic N) is 2. The molecule has 1 heterocycles. The molecule has 0 aromatic heterocycles.